The highest BCUT2D eigenvalue weighted by Gasteiger charge is 2.31. The zero-order valence-electron chi connectivity index (χ0n) is 6.79. The van der Waals surface area contributed by atoms with E-state index in [1.165, 1.54) is 0 Å². The highest BCUT2D eigenvalue weighted by molar-refractivity contribution is 5.80. The molecule has 0 aromatic heterocycles. The molecule has 2 aliphatic rings. The van der Waals surface area contributed by atoms with Gasteiger partial charge in [0.15, 0.2) is 0 Å². The largest absolute Gasteiger partial charge is 0.316 e. The Balaban J connectivity index is 2.19. The van der Waals surface area contributed by atoms with Gasteiger partial charge < -0.3 is 4.90 Å². The van der Waals surface area contributed by atoms with Gasteiger partial charge in [0.05, 0.1) is 0 Å². The van der Waals surface area contributed by atoms with E-state index in [9.17, 15) is 4.79 Å². The molecular weight excluding hydrogens is 138 g/mol. The zero-order valence-corrected chi connectivity index (χ0v) is 6.79. The second kappa shape index (κ2) is 2.36. The lowest BCUT2D eigenvalue weighted by molar-refractivity contribution is -0.126. The molecule has 2 heterocycles. The Kier molecular flexibility index (Phi) is 1.48. The van der Waals surface area contributed by atoms with Crippen LogP contribution in [0.25, 0.3) is 0 Å². The molecule has 0 aromatic carbocycles. The van der Waals surface area contributed by atoms with Gasteiger partial charge >= 0.3 is 0 Å². The maximum atomic E-state index is 11.2. The quantitative estimate of drug-likeness (QED) is 0.514. The molecule has 2 nitrogen and oxygen atoms in total. The minimum Gasteiger partial charge on any atom is -0.316 e. The molecule has 0 N–H and O–H groups in total. The minimum atomic E-state index is 0.304. The summed E-state index contributed by atoms with van der Waals surface area (Å²) < 4.78 is 0. The topological polar surface area (TPSA) is 20.3 Å². The predicted octanol–water partition coefficient (Wildman–Crippen LogP) is 1.53. The van der Waals surface area contributed by atoms with Crippen LogP contribution in [-0.2, 0) is 4.79 Å². The molecule has 1 fully saturated rings. The number of rotatable bonds is 0. The molecule has 2 heteroatoms. The third-order valence-corrected chi connectivity index (χ3v) is 2.59. The number of amides is 1. The molecule has 1 saturated heterocycles. The Morgan fingerprint density at radius 1 is 1.64 bits per heavy atom. The molecule has 0 unspecified atom stereocenters. The van der Waals surface area contributed by atoms with E-state index in [0.29, 0.717) is 17.9 Å². The van der Waals surface area contributed by atoms with Gasteiger partial charge in [0, 0.05) is 18.7 Å². The van der Waals surface area contributed by atoms with Crippen LogP contribution in [0.3, 0.4) is 0 Å². The number of hydrogen-bond donors (Lipinski definition) is 0. The van der Waals surface area contributed by atoms with E-state index in [-0.39, 0.29) is 0 Å². The summed E-state index contributed by atoms with van der Waals surface area (Å²) in [7, 11) is 0. The molecule has 0 spiro atoms. The van der Waals surface area contributed by atoms with Gasteiger partial charge in [-0.05, 0) is 18.8 Å². The van der Waals surface area contributed by atoms with E-state index in [4.69, 9.17) is 0 Å². The van der Waals surface area contributed by atoms with Crippen molar-refractivity contribution in [3.63, 3.8) is 0 Å². The molecule has 2 atom stereocenters. The Morgan fingerprint density at radius 2 is 2.45 bits per heavy atom. The number of hydrogen-bond acceptors (Lipinski definition) is 1. The fourth-order valence-corrected chi connectivity index (χ4v) is 1.95. The van der Waals surface area contributed by atoms with Gasteiger partial charge in [-0.3, -0.25) is 4.79 Å². The standard InChI is InChI=1S/C9H13NO/c1-7-4-5-10-8(6-7)2-3-9(10)11/h4-5,7-8H,2-3,6H2,1H3/t7-,8-/m1/s1. The van der Waals surface area contributed by atoms with Gasteiger partial charge in [-0.15, -0.1) is 0 Å². The third-order valence-electron chi connectivity index (χ3n) is 2.59. The van der Waals surface area contributed by atoms with Gasteiger partial charge in [0.2, 0.25) is 5.91 Å². The van der Waals surface area contributed by atoms with Crippen molar-refractivity contribution in [2.45, 2.75) is 32.2 Å². The number of fused-ring (bicyclic) bond motifs is 1. The molecular formula is C9H13NO. The molecule has 2 aliphatic heterocycles. The summed E-state index contributed by atoms with van der Waals surface area (Å²) in [4.78, 5) is 13.1. The van der Waals surface area contributed by atoms with Gasteiger partial charge in [-0.2, -0.15) is 0 Å². The second-order valence-electron chi connectivity index (χ2n) is 3.55. The van der Waals surface area contributed by atoms with Gasteiger partial charge in [-0.1, -0.05) is 13.0 Å². The van der Waals surface area contributed by atoms with Crippen LogP contribution in [0.5, 0.6) is 0 Å². The Morgan fingerprint density at radius 3 is 3.27 bits per heavy atom. The average Bonchev–Trinajstić information content (AvgIpc) is 2.32. The Labute approximate surface area is 66.9 Å². The van der Waals surface area contributed by atoms with E-state index < -0.39 is 0 Å². The fraction of sp³-hybridized carbons (Fsp3) is 0.667. The molecule has 0 bridgehead atoms. The lowest BCUT2D eigenvalue weighted by atomic mass is 9.97. The van der Waals surface area contributed by atoms with Crippen LogP contribution in [0.15, 0.2) is 12.3 Å². The lowest BCUT2D eigenvalue weighted by Crippen LogP contribution is -2.31. The lowest BCUT2D eigenvalue weighted by Gasteiger charge is -2.27. The van der Waals surface area contributed by atoms with Gasteiger partial charge in [0.1, 0.15) is 0 Å². The van der Waals surface area contributed by atoms with E-state index in [0.717, 1.165) is 19.3 Å². The summed E-state index contributed by atoms with van der Waals surface area (Å²) in [5, 5.41) is 0. The maximum absolute atomic E-state index is 11.2. The van der Waals surface area contributed by atoms with Crippen molar-refractivity contribution in [1.82, 2.24) is 4.90 Å². The first-order valence-corrected chi connectivity index (χ1v) is 4.27. The summed E-state index contributed by atoms with van der Waals surface area (Å²) >= 11 is 0. The molecule has 0 aromatic rings. The van der Waals surface area contributed by atoms with Crippen molar-refractivity contribution >= 4 is 5.91 Å². The predicted molar refractivity (Wildman–Crippen MR) is 42.8 cm³/mol. The van der Waals surface area contributed by atoms with Crippen LogP contribution < -0.4 is 0 Å². The zero-order chi connectivity index (χ0) is 7.84. The van der Waals surface area contributed by atoms with Crippen LogP contribution in [0.4, 0.5) is 0 Å². The van der Waals surface area contributed by atoms with Crippen LogP contribution in [-0.4, -0.2) is 16.8 Å². The minimum absolute atomic E-state index is 0.304. The van der Waals surface area contributed by atoms with Crippen molar-refractivity contribution in [2.24, 2.45) is 5.92 Å². The van der Waals surface area contributed by atoms with E-state index in [1.807, 2.05) is 11.1 Å². The number of allylic oxidation sites excluding steroid dienone is 1. The Bertz CT molecular complexity index is 210. The van der Waals surface area contributed by atoms with E-state index in [2.05, 4.69) is 13.0 Å². The average molecular weight is 151 g/mol. The van der Waals surface area contributed by atoms with Gasteiger partial charge in [0.25, 0.3) is 0 Å². The molecule has 60 valence electrons. The second-order valence-corrected chi connectivity index (χ2v) is 3.55. The van der Waals surface area contributed by atoms with Crippen LogP contribution >= 0.6 is 0 Å². The first-order chi connectivity index (χ1) is 5.27. The third kappa shape index (κ3) is 1.06. The number of carbonyl (C=O) groups excluding carboxylic acids is 1. The maximum Gasteiger partial charge on any atom is 0.226 e. The molecule has 11 heavy (non-hydrogen) atoms. The van der Waals surface area contributed by atoms with Crippen LogP contribution in [0.1, 0.15) is 26.2 Å². The van der Waals surface area contributed by atoms with Crippen molar-refractivity contribution < 1.29 is 4.79 Å². The van der Waals surface area contributed by atoms with E-state index >= 15 is 0 Å². The summed E-state index contributed by atoms with van der Waals surface area (Å²) in [6.07, 6.45) is 7.06. The fourth-order valence-electron chi connectivity index (χ4n) is 1.95. The van der Waals surface area contributed by atoms with Crippen molar-refractivity contribution in [1.29, 1.82) is 0 Å². The SMILES string of the molecule is C[C@@H]1C=CN2C(=O)CC[C@@H]2C1. The molecule has 0 aliphatic carbocycles. The van der Waals surface area contributed by atoms with E-state index in [1.54, 1.807) is 0 Å². The highest BCUT2D eigenvalue weighted by atomic mass is 16.2. The normalized spacial score (nSPS) is 36.1. The molecule has 1 amide bonds. The Hall–Kier alpha value is -0.790. The highest BCUT2D eigenvalue weighted by Crippen LogP contribution is 2.28. The summed E-state index contributed by atoms with van der Waals surface area (Å²) in [6.45, 7) is 2.20. The van der Waals surface area contributed by atoms with Crippen molar-refractivity contribution in [2.75, 3.05) is 0 Å². The van der Waals surface area contributed by atoms with Crippen LogP contribution in [0.2, 0.25) is 0 Å². The first-order valence-electron chi connectivity index (χ1n) is 4.27. The molecule has 0 radical (unpaired) electrons. The number of carbonyl (C=O) groups is 1. The monoisotopic (exact) mass is 151 g/mol. The summed E-state index contributed by atoms with van der Waals surface area (Å²) in [5.74, 6) is 0.959. The number of nitrogens with zero attached hydrogens (tertiary/aromatic N) is 1. The summed E-state index contributed by atoms with van der Waals surface area (Å²) in [6, 6.07) is 0.516. The molecule has 2 rings (SSSR count). The van der Waals surface area contributed by atoms with Crippen LogP contribution in [0, 0.1) is 5.92 Å². The van der Waals surface area contributed by atoms with Gasteiger partial charge in [-0.25, -0.2) is 0 Å². The molecule has 0 saturated carbocycles. The van der Waals surface area contributed by atoms with Crippen molar-refractivity contribution in [3.8, 4) is 0 Å². The first kappa shape index (κ1) is 6.89. The smallest absolute Gasteiger partial charge is 0.226 e. The summed E-state index contributed by atoms with van der Waals surface area (Å²) in [5.41, 5.74) is 0. The van der Waals surface area contributed by atoms with Crippen molar-refractivity contribution in [3.05, 3.63) is 12.3 Å².